The second-order valence-electron chi connectivity index (χ2n) is 5.71. The van der Waals surface area contributed by atoms with Crippen molar-refractivity contribution in [3.05, 3.63) is 52.2 Å². The molecular weight excluding hydrogens is 403 g/mol. The number of thiophene rings is 1. The molecule has 0 saturated heterocycles. The van der Waals surface area contributed by atoms with Gasteiger partial charge in [0.05, 0.1) is 17.2 Å². The second kappa shape index (κ2) is 10.3. The molecule has 2 aromatic rings. The Labute approximate surface area is 170 Å². The maximum atomic E-state index is 13.5. The van der Waals surface area contributed by atoms with Gasteiger partial charge in [-0.3, -0.25) is 14.4 Å². The highest BCUT2D eigenvalue weighted by Crippen LogP contribution is 2.27. The first-order valence-electron chi connectivity index (χ1n) is 8.57. The van der Waals surface area contributed by atoms with Gasteiger partial charge in [-0.05, 0) is 37.6 Å². The van der Waals surface area contributed by atoms with Gasteiger partial charge in [0, 0.05) is 0 Å². The molecule has 0 aliphatic carbocycles. The standard InChI is InChI=1S/C19H19FN2O6S/c1-3-27-19(26)17-11(2)8-15(29-17)22-14(23)10-28-16(24)9-21-18(25)12-6-4-5-7-13(12)20/h4-8H,3,9-10H2,1-2H3,(H,21,25)(H,22,23). The van der Waals surface area contributed by atoms with Crippen molar-refractivity contribution in [3.8, 4) is 0 Å². The Morgan fingerprint density at radius 3 is 2.55 bits per heavy atom. The largest absolute Gasteiger partial charge is 0.462 e. The van der Waals surface area contributed by atoms with E-state index in [2.05, 4.69) is 10.6 Å². The zero-order valence-corrected chi connectivity index (χ0v) is 16.6. The van der Waals surface area contributed by atoms with Crippen molar-refractivity contribution in [2.75, 3.05) is 25.1 Å². The van der Waals surface area contributed by atoms with Gasteiger partial charge in [-0.15, -0.1) is 11.3 Å². The van der Waals surface area contributed by atoms with E-state index >= 15 is 0 Å². The summed E-state index contributed by atoms with van der Waals surface area (Å²) in [6.45, 7) is 2.53. The zero-order valence-electron chi connectivity index (χ0n) is 15.7. The normalized spacial score (nSPS) is 10.2. The summed E-state index contributed by atoms with van der Waals surface area (Å²) in [5.41, 5.74) is 0.445. The SMILES string of the molecule is CCOC(=O)c1sc(NC(=O)COC(=O)CNC(=O)c2ccccc2F)cc1C. The summed E-state index contributed by atoms with van der Waals surface area (Å²) < 4.78 is 23.2. The lowest BCUT2D eigenvalue weighted by molar-refractivity contribution is -0.146. The van der Waals surface area contributed by atoms with Crippen LogP contribution in [-0.2, 0) is 19.1 Å². The molecule has 0 bridgehead atoms. The van der Waals surface area contributed by atoms with E-state index in [1.54, 1.807) is 19.9 Å². The number of aryl methyl sites for hydroxylation is 1. The third-order valence-electron chi connectivity index (χ3n) is 3.52. The monoisotopic (exact) mass is 422 g/mol. The minimum Gasteiger partial charge on any atom is -0.462 e. The number of anilines is 1. The first kappa shape index (κ1) is 22.0. The first-order chi connectivity index (χ1) is 13.8. The fourth-order valence-corrected chi connectivity index (χ4v) is 3.19. The Morgan fingerprint density at radius 2 is 1.86 bits per heavy atom. The molecular formula is C19H19FN2O6S. The van der Waals surface area contributed by atoms with Crippen molar-refractivity contribution >= 4 is 40.1 Å². The summed E-state index contributed by atoms with van der Waals surface area (Å²) >= 11 is 1.04. The van der Waals surface area contributed by atoms with Crippen molar-refractivity contribution in [1.29, 1.82) is 0 Å². The van der Waals surface area contributed by atoms with Gasteiger partial charge in [0.2, 0.25) is 0 Å². The summed E-state index contributed by atoms with van der Waals surface area (Å²) in [5, 5.41) is 5.13. The van der Waals surface area contributed by atoms with E-state index in [0.717, 1.165) is 17.4 Å². The van der Waals surface area contributed by atoms with Gasteiger partial charge in [-0.2, -0.15) is 0 Å². The number of esters is 2. The number of ether oxygens (including phenoxy) is 2. The lowest BCUT2D eigenvalue weighted by Crippen LogP contribution is -2.32. The molecule has 1 aromatic heterocycles. The Bertz CT molecular complexity index is 927. The van der Waals surface area contributed by atoms with Crippen molar-refractivity contribution in [2.24, 2.45) is 0 Å². The minimum atomic E-state index is -0.862. The molecule has 10 heteroatoms. The number of halogens is 1. The zero-order chi connectivity index (χ0) is 21.4. The van der Waals surface area contributed by atoms with Crippen LogP contribution in [0.3, 0.4) is 0 Å². The summed E-state index contributed by atoms with van der Waals surface area (Å²) in [6.07, 6.45) is 0. The highest BCUT2D eigenvalue weighted by Gasteiger charge is 2.17. The average molecular weight is 422 g/mol. The lowest BCUT2D eigenvalue weighted by atomic mass is 10.2. The van der Waals surface area contributed by atoms with E-state index in [0.29, 0.717) is 15.4 Å². The quantitative estimate of drug-likeness (QED) is 0.632. The maximum Gasteiger partial charge on any atom is 0.348 e. The van der Waals surface area contributed by atoms with Crippen LogP contribution in [0.2, 0.25) is 0 Å². The molecule has 0 aliphatic heterocycles. The number of benzene rings is 1. The van der Waals surface area contributed by atoms with Gasteiger partial charge >= 0.3 is 11.9 Å². The molecule has 0 spiro atoms. The van der Waals surface area contributed by atoms with Gasteiger partial charge in [0.25, 0.3) is 11.8 Å². The third kappa shape index (κ3) is 6.39. The maximum absolute atomic E-state index is 13.5. The van der Waals surface area contributed by atoms with Gasteiger partial charge < -0.3 is 20.1 Å². The Kier molecular flexibility index (Phi) is 7.84. The molecule has 1 aromatic carbocycles. The molecule has 0 fully saturated rings. The predicted octanol–water partition coefficient (Wildman–Crippen LogP) is 2.28. The third-order valence-corrected chi connectivity index (χ3v) is 4.65. The van der Waals surface area contributed by atoms with E-state index in [-0.39, 0.29) is 12.2 Å². The average Bonchev–Trinajstić information content (AvgIpc) is 3.05. The van der Waals surface area contributed by atoms with Crippen LogP contribution in [0.4, 0.5) is 9.39 Å². The van der Waals surface area contributed by atoms with Crippen LogP contribution in [0.5, 0.6) is 0 Å². The van der Waals surface area contributed by atoms with Crippen LogP contribution in [0, 0.1) is 12.7 Å². The summed E-state index contributed by atoms with van der Waals surface area (Å²) in [4.78, 5) is 47.5. The van der Waals surface area contributed by atoms with Crippen LogP contribution in [0.1, 0.15) is 32.5 Å². The van der Waals surface area contributed by atoms with Crippen LogP contribution in [0.25, 0.3) is 0 Å². The van der Waals surface area contributed by atoms with Crippen LogP contribution in [-0.4, -0.2) is 43.5 Å². The molecule has 0 aliphatic rings. The molecule has 29 heavy (non-hydrogen) atoms. The number of hydrogen-bond donors (Lipinski definition) is 2. The molecule has 154 valence electrons. The summed E-state index contributed by atoms with van der Waals surface area (Å²) in [5.74, 6) is -3.45. The smallest absolute Gasteiger partial charge is 0.348 e. The topological polar surface area (TPSA) is 111 Å². The predicted molar refractivity (Wildman–Crippen MR) is 103 cm³/mol. The van der Waals surface area contributed by atoms with E-state index in [4.69, 9.17) is 9.47 Å². The highest BCUT2D eigenvalue weighted by molar-refractivity contribution is 7.18. The van der Waals surface area contributed by atoms with Crippen molar-refractivity contribution in [2.45, 2.75) is 13.8 Å². The molecule has 8 nitrogen and oxygen atoms in total. The fourth-order valence-electron chi connectivity index (χ4n) is 2.21. The van der Waals surface area contributed by atoms with Gasteiger partial charge in [0.1, 0.15) is 17.2 Å². The number of amides is 2. The lowest BCUT2D eigenvalue weighted by Gasteiger charge is -2.07. The van der Waals surface area contributed by atoms with Crippen molar-refractivity contribution in [1.82, 2.24) is 5.32 Å². The highest BCUT2D eigenvalue weighted by atomic mass is 32.1. The summed E-state index contributed by atoms with van der Waals surface area (Å²) in [6, 6.07) is 6.92. The molecule has 2 N–H and O–H groups in total. The Balaban J connectivity index is 1.78. The number of carbonyl (C=O) groups is 4. The van der Waals surface area contributed by atoms with Gasteiger partial charge in [-0.25, -0.2) is 9.18 Å². The van der Waals surface area contributed by atoms with Crippen molar-refractivity contribution in [3.63, 3.8) is 0 Å². The second-order valence-corrected chi connectivity index (χ2v) is 6.77. The minimum absolute atomic E-state index is 0.205. The molecule has 0 radical (unpaired) electrons. The first-order valence-corrected chi connectivity index (χ1v) is 9.39. The van der Waals surface area contributed by atoms with E-state index < -0.39 is 42.7 Å². The molecule has 1 heterocycles. The van der Waals surface area contributed by atoms with E-state index in [1.807, 2.05) is 0 Å². The summed E-state index contributed by atoms with van der Waals surface area (Å²) in [7, 11) is 0. The number of carbonyl (C=O) groups excluding carboxylic acids is 4. The number of hydrogen-bond acceptors (Lipinski definition) is 7. The van der Waals surface area contributed by atoms with Gasteiger partial charge in [-0.1, -0.05) is 12.1 Å². The fraction of sp³-hybridized carbons (Fsp3) is 0.263. The Hall–Kier alpha value is -3.27. The van der Waals surface area contributed by atoms with Gasteiger partial charge in [0.15, 0.2) is 6.61 Å². The van der Waals surface area contributed by atoms with Crippen molar-refractivity contribution < 1.29 is 33.0 Å². The van der Waals surface area contributed by atoms with Crippen LogP contribution >= 0.6 is 11.3 Å². The Morgan fingerprint density at radius 1 is 1.14 bits per heavy atom. The molecule has 2 rings (SSSR count). The van der Waals surface area contributed by atoms with Crippen LogP contribution < -0.4 is 10.6 Å². The molecule has 0 saturated carbocycles. The molecule has 0 unspecified atom stereocenters. The number of nitrogens with one attached hydrogen (secondary N) is 2. The molecule has 2 amide bonds. The van der Waals surface area contributed by atoms with Crippen LogP contribution in [0.15, 0.2) is 30.3 Å². The van der Waals surface area contributed by atoms with E-state index in [9.17, 15) is 23.6 Å². The number of rotatable bonds is 8. The van der Waals surface area contributed by atoms with E-state index in [1.165, 1.54) is 18.2 Å². The molecule has 0 atom stereocenters.